The maximum absolute atomic E-state index is 13.5. The molecule has 20 heavy (non-hydrogen) atoms. The lowest BCUT2D eigenvalue weighted by Crippen LogP contribution is -2.13. The fourth-order valence-corrected chi connectivity index (χ4v) is 2.00. The first-order valence-electron chi connectivity index (χ1n) is 6.36. The largest absolute Gasteiger partial charge is 0.324 e. The second kappa shape index (κ2) is 6.39. The third-order valence-corrected chi connectivity index (χ3v) is 3.14. The summed E-state index contributed by atoms with van der Waals surface area (Å²) in [6.45, 7) is 0. The summed E-state index contributed by atoms with van der Waals surface area (Å²) in [5.41, 5.74) is 6.82. The smallest absolute Gasteiger partial charge is 0.165 e. The number of ketones is 1. The van der Waals surface area contributed by atoms with Gasteiger partial charge in [0.15, 0.2) is 5.78 Å². The van der Waals surface area contributed by atoms with Gasteiger partial charge < -0.3 is 5.73 Å². The first-order valence-corrected chi connectivity index (χ1v) is 6.36. The van der Waals surface area contributed by atoms with E-state index in [1.54, 1.807) is 0 Å². The zero-order valence-corrected chi connectivity index (χ0v) is 10.9. The number of Topliss-reactive ketones (excluding diaryl/α,β-unsaturated/α-hetero) is 1. The van der Waals surface area contributed by atoms with Gasteiger partial charge in [0.2, 0.25) is 0 Å². The van der Waals surface area contributed by atoms with Gasteiger partial charge in [0.1, 0.15) is 11.6 Å². The normalized spacial score (nSPS) is 12.2. The van der Waals surface area contributed by atoms with E-state index in [0.717, 1.165) is 11.6 Å². The van der Waals surface area contributed by atoms with E-state index in [4.69, 9.17) is 5.73 Å². The summed E-state index contributed by atoms with van der Waals surface area (Å²) < 4.78 is 26.2. The molecule has 0 spiro atoms. The van der Waals surface area contributed by atoms with E-state index < -0.39 is 11.6 Å². The zero-order chi connectivity index (χ0) is 14.5. The van der Waals surface area contributed by atoms with Gasteiger partial charge in [0.05, 0.1) is 5.56 Å². The molecular weight excluding hydrogens is 260 g/mol. The SMILES string of the molecule is NC(CCC(=O)c1ccc(F)cc1F)c1ccccc1. The Bertz CT molecular complexity index is 599. The minimum Gasteiger partial charge on any atom is -0.324 e. The summed E-state index contributed by atoms with van der Waals surface area (Å²) in [7, 11) is 0. The zero-order valence-electron chi connectivity index (χ0n) is 10.9. The summed E-state index contributed by atoms with van der Waals surface area (Å²) in [5.74, 6) is -1.89. The highest BCUT2D eigenvalue weighted by Crippen LogP contribution is 2.18. The fourth-order valence-electron chi connectivity index (χ4n) is 2.00. The number of halogens is 2. The van der Waals surface area contributed by atoms with Crippen molar-refractivity contribution in [3.05, 3.63) is 71.3 Å². The van der Waals surface area contributed by atoms with Gasteiger partial charge in [0.25, 0.3) is 0 Å². The van der Waals surface area contributed by atoms with E-state index in [0.29, 0.717) is 12.5 Å². The molecule has 0 radical (unpaired) electrons. The molecule has 2 rings (SSSR count). The van der Waals surface area contributed by atoms with Crippen LogP contribution in [0.5, 0.6) is 0 Å². The standard InChI is InChI=1S/C16H15F2NO/c17-12-6-7-13(14(18)10-12)16(20)9-8-15(19)11-4-2-1-3-5-11/h1-7,10,15H,8-9,19H2. The summed E-state index contributed by atoms with van der Waals surface area (Å²) in [6.07, 6.45) is 0.540. The molecule has 2 N–H and O–H groups in total. The molecule has 1 unspecified atom stereocenters. The van der Waals surface area contributed by atoms with Gasteiger partial charge in [-0.25, -0.2) is 8.78 Å². The third-order valence-electron chi connectivity index (χ3n) is 3.14. The quantitative estimate of drug-likeness (QED) is 0.847. The van der Waals surface area contributed by atoms with Crippen molar-refractivity contribution in [2.24, 2.45) is 5.73 Å². The molecule has 0 aliphatic carbocycles. The van der Waals surface area contributed by atoms with E-state index >= 15 is 0 Å². The molecule has 4 heteroatoms. The average Bonchev–Trinajstić information content (AvgIpc) is 2.45. The van der Waals surface area contributed by atoms with Crippen molar-refractivity contribution in [2.45, 2.75) is 18.9 Å². The van der Waals surface area contributed by atoms with E-state index in [1.165, 1.54) is 6.07 Å². The van der Waals surface area contributed by atoms with Crippen LogP contribution >= 0.6 is 0 Å². The molecule has 0 amide bonds. The van der Waals surface area contributed by atoms with Crippen molar-refractivity contribution in [1.29, 1.82) is 0 Å². The van der Waals surface area contributed by atoms with Crippen molar-refractivity contribution >= 4 is 5.78 Å². The van der Waals surface area contributed by atoms with Crippen molar-refractivity contribution in [3.63, 3.8) is 0 Å². The van der Waals surface area contributed by atoms with Crippen molar-refractivity contribution in [1.82, 2.24) is 0 Å². The minimum absolute atomic E-state index is 0.0911. The molecule has 2 aromatic rings. The molecule has 1 atom stereocenters. The predicted molar refractivity (Wildman–Crippen MR) is 73.3 cm³/mol. The van der Waals surface area contributed by atoms with Gasteiger partial charge in [-0.1, -0.05) is 30.3 Å². The molecule has 0 fully saturated rings. The van der Waals surface area contributed by atoms with Crippen LogP contribution in [0, 0.1) is 11.6 Å². The molecule has 0 aliphatic rings. The topological polar surface area (TPSA) is 43.1 Å². The van der Waals surface area contributed by atoms with Gasteiger partial charge >= 0.3 is 0 Å². The highest BCUT2D eigenvalue weighted by atomic mass is 19.1. The lowest BCUT2D eigenvalue weighted by atomic mass is 9.99. The van der Waals surface area contributed by atoms with Crippen molar-refractivity contribution in [2.75, 3.05) is 0 Å². The maximum atomic E-state index is 13.5. The highest BCUT2D eigenvalue weighted by molar-refractivity contribution is 5.96. The van der Waals surface area contributed by atoms with Crippen LogP contribution in [0.2, 0.25) is 0 Å². The number of nitrogens with two attached hydrogens (primary N) is 1. The Labute approximate surface area is 116 Å². The molecule has 2 nitrogen and oxygen atoms in total. The monoisotopic (exact) mass is 275 g/mol. The maximum Gasteiger partial charge on any atom is 0.165 e. The van der Waals surface area contributed by atoms with Crippen LogP contribution in [0.15, 0.2) is 48.5 Å². The van der Waals surface area contributed by atoms with Crippen LogP contribution < -0.4 is 5.73 Å². The predicted octanol–water partition coefficient (Wildman–Crippen LogP) is 3.63. The third kappa shape index (κ3) is 3.48. The first kappa shape index (κ1) is 14.3. The lowest BCUT2D eigenvalue weighted by molar-refractivity contribution is 0.0973. The Morgan fingerprint density at radius 2 is 1.80 bits per heavy atom. The molecule has 0 saturated carbocycles. The summed E-state index contributed by atoms with van der Waals surface area (Å²) in [6, 6.07) is 12.1. The highest BCUT2D eigenvalue weighted by Gasteiger charge is 2.14. The van der Waals surface area contributed by atoms with E-state index in [1.807, 2.05) is 30.3 Å². The molecule has 0 aromatic heterocycles. The van der Waals surface area contributed by atoms with Gasteiger partial charge in [-0.3, -0.25) is 4.79 Å². The van der Waals surface area contributed by atoms with Crippen molar-refractivity contribution < 1.29 is 13.6 Å². The van der Waals surface area contributed by atoms with Gasteiger partial charge in [0, 0.05) is 18.5 Å². The molecule has 0 aliphatic heterocycles. The van der Waals surface area contributed by atoms with Crippen molar-refractivity contribution in [3.8, 4) is 0 Å². The second-order valence-electron chi connectivity index (χ2n) is 4.60. The first-order chi connectivity index (χ1) is 9.58. The van der Waals surface area contributed by atoms with Crippen LogP contribution in [-0.2, 0) is 0 Å². The van der Waals surface area contributed by atoms with E-state index in [-0.39, 0.29) is 23.8 Å². The van der Waals surface area contributed by atoms with Gasteiger partial charge in [-0.2, -0.15) is 0 Å². The second-order valence-corrected chi connectivity index (χ2v) is 4.60. The number of hydrogen-bond donors (Lipinski definition) is 1. The Kier molecular flexibility index (Phi) is 4.58. The summed E-state index contributed by atoms with van der Waals surface area (Å²) in [5, 5.41) is 0. The van der Waals surface area contributed by atoms with E-state index in [9.17, 15) is 13.6 Å². The molecule has 0 heterocycles. The number of hydrogen-bond acceptors (Lipinski definition) is 2. The minimum atomic E-state index is -0.830. The molecule has 0 bridgehead atoms. The molecule has 0 saturated heterocycles. The Balaban J connectivity index is 1.99. The summed E-state index contributed by atoms with van der Waals surface area (Å²) in [4.78, 5) is 11.9. The molecular formula is C16H15F2NO. The molecule has 2 aromatic carbocycles. The number of carbonyl (C=O) groups is 1. The number of rotatable bonds is 5. The van der Waals surface area contributed by atoms with Gasteiger partial charge in [-0.05, 0) is 24.1 Å². The van der Waals surface area contributed by atoms with Gasteiger partial charge in [-0.15, -0.1) is 0 Å². The van der Waals surface area contributed by atoms with E-state index in [2.05, 4.69) is 0 Å². The van der Waals surface area contributed by atoms with Crippen LogP contribution in [0.4, 0.5) is 8.78 Å². The summed E-state index contributed by atoms with van der Waals surface area (Å²) >= 11 is 0. The number of carbonyl (C=O) groups excluding carboxylic acids is 1. The Hall–Kier alpha value is -2.07. The fraction of sp³-hybridized carbons (Fsp3) is 0.188. The molecule has 104 valence electrons. The van der Waals surface area contributed by atoms with Crippen LogP contribution in [-0.4, -0.2) is 5.78 Å². The number of benzene rings is 2. The Morgan fingerprint density at radius 1 is 1.10 bits per heavy atom. The van der Waals surface area contributed by atoms with Crippen LogP contribution in [0.3, 0.4) is 0 Å². The lowest BCUT2D eigenvalue weighted by Gasteiger charge is -2.11. The van der Waals surface area contributed by atoms with Crippen LogP contribution in [0.1, 0.15) is 34.8 Å². The average molecular weight is 275 g/mol. The van der Waals surface area contributed by atoms with Crippen LogP contribution in [0.25, 0.3) is 0 Å². The Morgan fingerprint density at radius 3 is 2.45 bits per heavy atom.